The van der Waals surface area contributed by atoms with Gasteiger partial charge in [-0.15, -0.1) is 5.10 Å². The maximum Gasteiger partial charge on any atom is 0.317 e. The molecule has 1 unspecified atom stereocenters. The minimum Gasteiger partial charge on any atom is -0.480 e. The molecule has 18 heavy (non-hydrogen) atoms. The molecule has 0 aliphatic heterocycles. The van der Waals surface area contributed by atoms with E-state index in [1.165, 1.54) is 11.8 Å². The average Bonchev–Trinajstić information content (AvgIpc) is 2.40. The molecular formula is C13H12N2O2S. The third kappa shape index (κ3) is 3.56. The van der Waals surface area contributed by atoms with Crippen LogP contribution in [0.15, 0.2) is 53.7 Å². The van der Waals surface area contributed by atoms with Gasteiger partial charge in [0.15, 0.2) is 0 Å². The lowest BCUT2D eigenvalue weighted by Crippen LogP contribution is -2.19. The van der Waals surface area contributed by atoms with Crippen molar-refractivity contribution in [1.29, 1.82) is 0 Å². The first-order chi connectivity index (χ1) is 8.75. The number of carboxylic acid groups (broad SMARTS) is 1. The van der Waals surface area contributed by atoms with Crippen LogP contribution < -0.4 is 0 Å². The molecule has 4 nitrogen and oxygen atoms in total. The minimum absolute atomic E-state index is 0.470. The van der Waals surface area contributed by atoms with E-state index in [-0.39, 0.29) is 0 Å². The minimum atomic E-state index is -0.838. The van der Waals surface area contributed by atoms with Crippen LogP contribution in [-0.2, 0) is 11.2 Å². The highest BCUT2D eigenvalue weighted by molar-refractivity contribution is 8.00. The van der Waals surface area contributed by atoms with Crippen LogP contribution in [0.25, 0.3) is 0 Å². The molecule has 1 atom stereocenters. The van der Waals surface area contributed by atoms with E-state index >= 15 is 0 Å². The average molecular weight is 260 g/mol. The third-order valence-electron chi connectivity index (χ3n) is 2.35. The van der Waals surface area contributed by atoms with Crippen molar-refractivity contribution < 1.29 is 9.90 Å². The summed E-state index contributed by atoms with van der Waals surface area (Å²) in [6.45, 7) is 0. The number of benzene rings is 1. The van der Waals surface area contributed by atoms with Gasteiger partial charge >= 0.3 is 5.97 Å². The lowest BCUT2D eigenvalue weighted by molar-refractivity contribution is -0.136. The van der Waals surface area contributed by atoms with E-state index in [1.54, 1.807) is 18.3 Å². The Morgan fingerprint density at radius 1 is 1.22 bits per heavy atom. The van der Waals surface area contributed by atoms with Gasteiger partial charge in [-0.25, -0.2) is 0 Å². The summed E-state index contributed by atoms with van der Waals surface area (Å²) in [6.07, 6.45) is 2.04. The second-order valence-electron chi connectivity index (χ2n) is 3.70. The molecule has 1 N–H and O–H groups in total. The van der Waals surface area contributed by atoms with Crippen LogP contribution in [0.2, 0.25) is 0 Å². The van der Waals surface area contributed by atoms with E-state index in [2.05, 4.69) is 10.2 Å². The molecule has 1 aromatic carbocycles. The van der Waals surface area contributed by atoms with Crippen LogP contribution in [0.4, 0.5) is 0 Å². The fourth-order valence-electron chi connectivity index (χ4n) is 1.50. The zero-order valence-corrected chi connectivity index (χ0v) is 10.4. The fraction of sp³-hybridized carbons (Fsp3) is 0.154. The van der Waals surface area contributed by atoms with Crippen molar-refractivity contribution >= 4 is 17.7 Å². The number of hydrogen-bond acceptors (Lipinski definition) is 4. The molecule has 0 amide bonds. The topological polar surface area (TPSA) is 63.1 Å². The number of rotatable bonds is 5. The van der Waals surface area contributed by atoms with Gasteiger partial charge in [0.05, 0.1) is 0 Å². The molecule has 92 valence electrons. The van der Waals surface area contributed by atoms with Crippen molar-refractivity contribution in [3.63, 3.8) is 0 Å². The number of carbonyl (C=O) groups is 1. The molecule has 1 aromatic heterocycles. The van der Waals surface area contributed by atoms with Gasteiger partial charge in [-0.3, -0.25) is 4.79 Å². The number of aromatic nitrogens is 2. The molecule has 2 aromatic rings. The van der Waals surface area contributed by atoms with Crippen molar-refractivity contribution in [1.82, 2.24) is 10.2 Å². The summed E-state index contributed by atoms with van der Waals surface area (Å²) < 4.78 is 0. The van der Waals surface area contributed by atoms with Crippen LogP contribution in [0.1, 0.15) is 5.56 Å². The third-order valence-corrected chi connectivity index (χ3v) is 3.46. The Labute approximate surface area is 109 Å². The highest BCUT2D eigenvalue weighted by Crippen LogP contribution is 2.23. The summed E-state index contributed by atoms with van der Waals surface area (Å²) in [7, 11) is 0. The predicted molar refractivity (Wildman–Crippen MR) is 69.5 cm³/mol. The van der Waals surface area contributed by atoms with Gasteiger partial charge in [0.1, 0.15) is 10.3 Å². The molecule has 2 rings (SSSR count). The van der Waals surface area contributed by atoms with Crippen LogP contribution in [0.3, 0.4) is 0 Å². The van der Waals surface area contributed by atoms with Gasteiger partial charge in [-0.2, -0.15) is 5.10 Å². The van der Waals surface area contributed by atoms with Crippen LogP contribution in [-0.4, -0.2) is 26.5 Å². The second-order valence-corrected chi connectivity index (χ2v) is 4.92. The molecular weight excluding hydrogens is 248 g/mol. The number of thioether (sulfide) groups is 1. The molecule has 0 saturated heterocycles. The molecule has 0 aliphatic rings. The molecule has 0 saturated carbocycles. The number of aliphatic carboxylic acids is 1. The number of nitrogens with zero attached hydrogens (tertiary/aromatic N) is 2. The molecule has 0 radical (unpaired) electrons. The number of hydrogen-bond donors (Lipinski definition) is 1. The molecule has 0 spiro atoms. The Morgan fingerprint density at radius 2 is 2.00 bits per heavy atom. The van der Waals surface area contributed by atoms with Crippen molar-refractivity contribution in [3.05, 3.63) is 54.2 Å². The monoisotopic (exact) mass is 260 g/mol. The Hall–Kier alpha value is -1.88. The summed E-state index contributed by atoms with van der Waals surface area (Å²) in [5.41, 5.74) is 1.00. The van der Waals surface area contributed by atoms with Crippen molar-refractivity contribution in [2.45, 2.75) is 16.7 Å². The number of carboxylic acids is 1. The van der Waals surface area contributed by atoms with E-state index in [4.69, 9.17) is 0 Å². The van der Waals surface area contributed by atoms with Gasteiger partial charge in [-0.1, -0.05) is 42.1 Å². The first-order valence-electron chi connectivity index (χ1n) is 5.47. The van der Waals surface area contributed by atoms with Crippen molar-refractivity contribution in [2.75, 3.05) is 0 Å². The largest absolute Gasteiger partial charge is 0.480 e. The van der Waals surface area contributed by atoms with E-state index < -0.39 is 11.2 Å². The van der Waals surface area contributed by atoms with Crippen LogP contribution >= 0.6 is 11.8 Å². The Morgan fingerprint density at radius 3 is 2.61 bits per heavy atom. The zero-order chi connectivity index (χ0) is 12.8. The van der Waals surface area contributed by atoms with Gasteiger partial charge in [-0.05, 0) is 24.1 Å². The fourth-order valence-corrected chi connectivity index (χ4v) is 2.42. The smallest absolute Gasteiger partial charge is 0.317 e. The molecule has 0 bridgehead atoms. The second kappa shape index (κ2) is 6.16. The molecule has 0 fully saturated rings. The Balaban J connectivity index is 2.08. The Kier molecular flexibility index (Phi) is 4.30. The summed E-state index contributed by atoms with van der Waals surface area (Å²) in [6, 6.07) is 13.1. The highest BCUT2D eigenvalue weighted by Gasteiger charge is 2.20. The van der Waals surface area contributed by atoms with Gasteiger partial charge < -0.3 is 5.11 Å². The van der Waals surface area contributed by atoms with E-state index in [0.29, 0.717) is 11.4 Å². The molecule has 5 heteroatoms. The SMILES string of the molecule is O=C(O)C(Cc1ccccc1)Sc1cccnn1. The highest BCUT2D eigenvalue weighted by atomic mass is 32.2. The van der Waals surface area contributed by atoms with E-state index in [9.17, 15) is 9.90 Å². The Bertz CT molecular complexity index is 463. The maximum absolute atomic E-state index is 11.2. The van der Waals surface area contributed by atoms with E-state index in [0.717, 1.165) is 5.56 Å². The summed E-state index contributed by atoms with van der Waals surface area (Å²) >= 11 is 1.22. The van der Waals surface area contributed by atoms with Crippen molar-refractivity contribution in [2.24, 2.45) is 0 Å². The van der Waals surface area contributed by atoms with Crippen LogP contribution in [0, 0.1) is 0 Å². The molecule has 1 heterocycles. The first kappa shape index (κ1) is 12.6. The summed E-state index contributed by atoms with van der Waals surface area (Å²) in [4.78, 5) is 11.2. The van der Waals surface area contributed by atoms with E-state index in [1.807, 2.05) is 30.3 Å². The van der Waals surface area contributed by atoms with Gasteiger partial charge in [0.2, 0.25) is 0 Å². The normalized spacial score (nSPS) is 12.0. The lowest BCUT2D eigenvalue weighted by Gasteiger charge is -2.10. The molecule has 0 aliphatic carbocycles. The predicted octanol–water partition coefficient (Wildman–Crippen LogP) is 2.26. The van der Waals surface area contributed by atoms with Crippen LogP contribution in [0.5, 0.6) is 0 Å². The quantitative estimate of drug-likeness (QED) is 0.835. The summed E-state index contributed by atoms with van der Waals surface area (Å²) in [5.74, 6) is -0.838. The lowest BCUT2D eigenvalue weighted by atomic mass is 10.1. The van der Waals surface area contributed by atoms with Crippen molar-refractivity contribution in [3.8, 4) is 0 Å². The first-order valence-corrected chi connectivity index (χ1v) is 6.35. The maximum atomic E-state index is 11.2. The van der Waals surface area contributed by atoms with Gasteiger partial charge in [0.25, 0.3) is 0 Å². The zero-order valence-electron chi connectivity index (χ0n) is 9.56. The standard InChI is InChI=1S/C13H12N2O2S/c16-13(17)11(9-10-5-2-1-3-6-10)18-12-7-4-8-14-15-12/h1-8,11H,9H2,(H,16,17). The van der Waals surface area contributed by atoms with Gasteiger partial charge in [0, 0.05) is 6.20 Å². The summed E-state index contributed by atoms with van der Waals surface area (Å²) in [5, 5.41) is 16.9.